The first-order valence-corrected chi connectivity index (χ1v) is 5.16. The summed E-state index contributed by atoms with van der Waals surface area (Å²) in [6.07, 6.45) is 2.08. The van der Waals surface area contributed by atoms with E-state index in [1.807, 2.05) is 0 Å². The number of hydrogen-bond acceptors (Lipinski definition) is 1. The van der Waals surface area contributed by atoms with Crippen molar-refractivity contribution < 1.29 is 18.5 Å². The zero-order chi connectivity index (χ0) is 12.5. The Morgan fingerprint density at radius 2 is 1.94 bits per heavy atom. The van der Waals surface area contributed by atoms with Gasteiger partial charge in [0, 0.05) is 0 Å². The van der Waals surface area contributed by atoms with Crippen LogP contribution in [0, 0.1) is 0 Å². The summed E-state index contributed by atoms with van der Waals surface area (Å²) in [6, 6.07) is 4.52. The predicted molar refractivity (Wildman–Crippen MR) is 57.2 cm³/mol. The standard InChI is InChI=1S/C12H13F2N2O/c1-15-7-8-16(9-15)12(13,14)11(17)10-5-3-2-4-6-10/h2-9,11,17H,1H3/q+1. The summed E-state index contributed by atoms with van der Waals surface area (Å²) < 4.78 is 30.1. The van der Waals surface area contributed by atoms with E-state index >= 15 is 0 Å². The number of benzene rings is 1. The molecule has 0 aliphatic rings. The second-order valence-corrected chi connectivity index (χ2v) is 3.89. The van der Waals surface area contributed by atoms with Gasteiger partial charge in [0.15, 0.2) is 6.10 Å². The highest BCUT2D eigenvalue weighted by Gasteiger charge is 2.46. The molecule has 1 heterocycles. The molecule has 1 aromatic heterocycles. The Morgan fingerprint density at radius 1 is 1.29 bits per heavy atom. The molecule has 0 bridgehead atoms. The number of nitrogens with zero attached hydrogens (tertiary/aromatic N) is 2. The molecule has 3 nitrogen and oxygen atoms in total. The minimum Gasteiger partial charge on any atom is -0.378 e. The van der Waals surface area contributed by atoms with Crippen LogP contribution in [0.1, 0.15) is 11.7 Å². The van der Waals surface area contributed by atoms with Crippen molar-refractivity contribution in [2.45, 2.75) is 12.2 Å². The third-order valence-electron chi connectivity index (χ3n) is 2.56. The largest absolute Gasteiger partial charge is 0.427 e. The molecule has 0 amide bonds. The van der Waals surface area contributed by atoms with Crippen LogP contribution in [-0.2, 0) is 13.1 Å². The van der Waals surface area contributed by atoms with Gasteiger partial charge in [0.05, 0.1) is 7.05 Å². The summed E-state index contributed by atoms with van der Waals surface area (Å²) in [5.74, 6) is 0. The van der Waals surface area contributed by atoms with Crippen molar-refractivity contribution in [3.05, 3.63) is 54.6 Å². The summed E-state index contributed by atoms with van der Waals surface area (Å²) in [5.41, 5.74) is 0.189. The van der Waals surface area contributed by atoms with Gasteiger partial charge in [-0.2, -0.15) is 13.3 Å². The van der Waals surface area contributed by atoms with Crippen molar-refractivity contribution in [2.24, 2.45) is 7.05 Å². The van der Waals surface area contributed by atoms with Crippen LogP contribution in [0.2, 0.25) is 0 Å². The average Bonchev–Trinajstić information content (AvgIpc) is 2.77. The van der Waals surface area contributed by atoms with Crippen LogP contribution >= 0.6 is 0 Å². The smallest absolute Gasteiger partial charge is 0.378 e. The van der Waals surface area contributed by atoms with Gasteiger partial charge in [-0.3, -0.25) is 0 Å². The lowest BCUT2D eigenvalue weighted by Crippen LogP contribution is -2.32. The third-order valence-corrected chi connectivity index (χ3v) is 2.56. The van der Waals surface area contributed by atoms with Gasteiger partial charge in [0.1, 0.15) is 12.4 Å². The predicted octanol–water partition coefficient (Wildman–Crippen LogP) is 1.60. The second kappa shape index (κ2) is 4.25. The molecule has 0 aliphatic heterocycles. The lowest BCUT2D eigenvalue weighted by atomic mass is 10.1. The maximum absolute atomic E-state index is 13.9. The molecule has 2 aromatic rings. The van der Waals surface area contributed by atoms with Crippen molar-refractivity contribution >= 4 is 0 Å². The molecule has 0 fully saturated rings. The Hall–Kier alpha value is -1.75. The van der Waals surface area contributed by atoms with Crippen molar-refractivity contribution in [1.29, 1.82) is 0 Å². The molecule has 1 N–H and O–H groups in total. The van der Waals surface area contributed by atoms with E-state index in [9.17, 15) is 13.9 Å². The van der Waals surface area contributed by atoms with Crippen molar-refractivity contribution in [3.63, 3.8) is 0 Å². The molecule has 0 saturated carbocycles. The molecule has 5 heteroatoms. The summed E-state index contributed by atoms with van der Waals surface area (Å²) in [7, 11) is 1.64. The Bertz CT molecular complexity index is 496. The van der Waals surface area contributed by atoms with Crippen LogP contribution in [0.4, 0.5) is 8.78 Å². The molecule has 17 heavy (non-hydrogen) atoms. The summed E-state index contributed by atoms with van der Waals surface area (Å²) in [4.78, 5) is 0. The maximum Gasteiger partial charge on any atom is 0.427 e. The van der Waals surface area contributed by atoms with Crippen LogP contribution in [0.15, 0.2) is 49.1 Å². The molecular formula is C12H13F2N2O+. The third kappa shape index (κ3) is 2.19. The minimum atomic E-state index is -3.37. The number of hydrogen-bond donors (Lipinski definition) is 1. The monoisotopic (exact) mass is 239 g/mol. The van der Waals surface area contributed by atoms with Crippen molar-refractivity contribution in [2.75, 3.05) is 0 Å². The fourth-order valence-electron chi connectivity index (χ4n) is 1.60. The van der Waals surface area contributed by atoms with Gasteiger partial charge in [-0.1, -0.05) is 30.3 Å². The number of rotatable bonds is 3. The van der Waals surface area contributed by atoms with Gasteiger partial charge in [-0.15, -0.1) is 0 Å². The number of aryl methyl sites for hydroxylation is 1. The van der Waals surface area contributed by atoms with E-state index in [1.54, 1.807) is 25.2 Å². The number of alkyl halides is 2. The van der Waals surface area contributed by atoms with E-state index in [0.29, 0.717) is 4.57 Å². The van der Waals surface area contributed by atoms with Crippen LogP contribution in [0.5, 0.6) is 0 Å². The van der Waals surface area contributed by atoms with Crippen LogP contribution in [-0.4, -0.2) is 9.67 Å². The normalized spacial score (nSPS) is 13.6. The SMILES string of the molecule is C[n+]1ccn(C(F)(F)C(O)c2ccccc2)c1. The molecular weight excluding hydrogens is 226 g/mol. The highest BCUT2D eigenvalue weighted by Crippen LogP contribution is 2.35. The fraction of sp³-hybridized carbons (Fsp3) is 0.250. The second-order valence-electron chi connectivity index (χ2n) is 3.89. The van der Waals surface area contributed by atoms with Crippen LogP contribution in [0.3, 0.4) is 0 Å². The number of halogens is 2. The Balaban J connectivity index is 2.33. The average molecular weight is 239 g/mol. The molecule has 2 rings (SSSR count). The minimum absolute atomic E-state index is 0.189. The lowest BCUT2D eigenvalue weighted by Gasteiger charge is -2.19. The fourth-order valence-corrected chi connectivity index (χ4v) is 1.60. The molecule has 0 saturated heterocycles. The lowest BCUT2D eigenvalue weighted by molar-refractivity contribution is -0.671. The zero-order valence-corrected chi connectivity index (χ0v) is 9.29. The van der Waals surface area contributed by atoms with E-state index < -0.39 is 12.2 Å². The van der Waals surface area contributed by atoms with E-state index in [2.05, 4.69) is 0 Å². The Kier molecular flexibility index (Phi) is 2.93. The molecule has 90 valence electrons. The number of aliphatic hydroxyl groups excluding tert-OH is 1. The van der Waals surface area contributed by atoms with Crippen molar-refractivity contribution in [3.8, 4) is 0 Å². The highest BCUT2D eigenvalue weighted by atomic mass is 19.3. The summed E-state index contributed by atoms with van der Waals surface area (Å²) in [6.45, 7) is 0. The van der Waals surface area contributed by atoms with Gasteiger partial charge >= 0.3 is 6.05 Å². The molecule has 0 aliphatic carbocycles. The molecule has 1 aromatic carbocycles. The zero-order valence-electron chi connectivity index (χ0n) is 9.29. The van der Waals surface area contributed by atoms with Crippen LogP contribution in [0.25, 0.3) is 0 Å². The Labute approximate surface area is 97.6 Å². The Morgan fingerprint density at radius 3 is 2.47 bits per heavy atom. The number of aliphatic hydroxyl groups is 1. The van der Waals surface area contributed by atoms with Crippen LogP contribution < -0.4 is 4.57 Å². The van der Waals surface area contributed by atoms with Gasteiger partial charge in [0.25, 0.3) is 0 Å². The topological polar surface area (TPSA) is 29.0 Å². The van der Waals surface area contributed by atoms with Gasteiger partial charge in [-0.25, -0.2) is 4.57 Å². The molecule has 0 radical (unpaired) electrons. The maximum atomic E-state index is 13.9. The van der Waals surface area contributed by atoms with E-state index in [-0.39, 0.29) is 5.56 Å². The highest BCUT2D eigenvalue weighted by molar-refractivity contribution is 5.18. The number of imidazole rings is 1. The first-order chi connectivity index (χ1) is 8.01. The van der Waals surface area contributed by atoms with E-state index in [4.69, 9.17) is 0 Å². The van der Waals surface area contributed by atoms with Gasteiger partial charge < -0.3 is 5.11 Å². The summed E-state index contributed by atoms with van der Waals surface area (Å²) in [5, 5.41) is 9.73. The quantitative estimate of drug-likeness (QED) is 0.810. The van der Waals surface area contributed by atoms with E-state index in [1.165, 1.54) is 35.4 Å². The van der Waals surface area contributed by atoms with Gasteiger partial charge in [0.2, 0.25) is 6.33 Å². The van der Waals surface area contributed by atoms with Crippen molar-refractivity contribution in [1.82, 2.24) is 4.57 Å². The molecule has 1 unspecified atom stereocenters. The van der Waals surface area contributed by atoms with E-state index in [0.717, 1.165) is 0 Å². The summed E-state index contributed by atoms with van der Waals surface area (Å²) >= 11 is 0. The first kappa shape index (κ1) is 11.7. The van der Waals surface area contributed by atoms with Gasteiger partial charge in [-0.05, 0) is 5.56 Å². The molecule has 0 spiro atoms. The first-order valence-electron chi connectivity index (χ1n) is 5.16. The number of aromatic nitrogens is 2. The molecule has 1 atom stereocenters.